The lowest BCUT2D eigenvalue weighted by Crippen LogP contribution is -2.45. The van der Waals surface area contributed by atoms with Gasteiger partial charge in [-0.2, -0.15) is 4.31 Å². The number of carbonyl (C=O) groups is 1. The molecule has 1 aromatic heterocycles. The van der Waals surface area contributed by atoms with Crippen LogP contribution in [-0.4, -0.2) is 44.9 Å². The third-order valence-electron chi connectivity index (χ3n) is 5.12. The van der Waals surface area contributed by atoms with E-state index in [0.717, 1.165) is 21.8 Å². The number of nitrogens with zero attached hydrogens (tertiary/aromatic N) is 1. The number of carbonyl (C=O) groups excluding carboxylic acids is 1. The second-order valence-corrected chi connectivity index (χ2v) is 10.9. The second kappa shape index (κ2) is 9.28. The normalized spacial score (nSPS) is 17.8. The summed E-state index contributed by atoms with van der Waals surface area (Å²) in [4.78, 5) is 13.5. The average molecular weight is 437 g/mol. The summed E-state index contributed by atoms with van der Waals surface area (Å²) in [6.45, 7) is 7.32. The molecule has 1 amide bonds. The molecule has 0 radical (unpaired) electrons. The molecule has 2 aromatic rings. The summed E-state index contributed by atoms with van der Waals surface area (Å²) < 4.78 is 33.3. The number of hydrogen-bond acceptors (Lipinski definition) is 5. The standard InChI is InChI=1S/C21H28N2O4S2/c1-15-6-4-7-16(2)20(15)27-13-11-22-21(24)18-8-5-12-23(14-18)29(25,26)19-10-9-17(3)28-19/h4,6-7,9-10,18H,5,8,11-14H2,1-3H3,(H,22,24). The van der Waals surface area contributed by atoms with E-state index in [2.05, 4.69) is 5.32 Å². The number of hydrogen-bond donors (Lipinski definition) is 1. The van der Waals surface area contributed by atoms with Crippen molar-refractivity contribution in [1.29, 1.82) is 0 Å². The third-order valence-corrected chi connectivity index (χ3v) is 8.45. The Labute approximate surface area is 176 Å². The van der Waals surface area contributed by atoms with Crippen LogP contribution < -0.4 is 10.1 Å². The lowest BCUT2D eigenvalue weighted by atomic mass is 9.99. The number of ether oxygens (including phenoxy) is 1. The molecule has 1 fully saturated rings. The molecule has 0 spiro atoms. The van der Waals surface area contributed by atoms with Crippen molar-refractivity contribution >= 4 is 27.3 Å². The van der Waals surface area contributed by atoms with E-state index in [1.807, 2.05) is 45.0 Å². The fourth-order valence-electron chi connectivity index (χ4n) is 3.55. The van der Waals surface area contributed by atoms with E-state index in [1.165, 1.54) is 15.6 Å². The molecule has 2 heterocycles. The van der Waals surface area contributed by atoms with Crippen molar-refractivity contribution in [1.82, 2.24) is 9.62 Å². The molecule has 0 saturated carbocycles. The van der Waals surface area contributed by atoms with Gasteiger partial charge >= 0.3 is 0 Å². The minimum atomic E-state index is -3.53. The zero-order valence-electron chi connectivity index (χ0n) is 17.1. The number of thiophene rings is 1. The second-order valence-electron chi connectivity index (χ2n) is 7.43. The van der Waals surface area contributed by atoms with Crippen LogP contribution in [0.5, 0.6) is 5.75 Å². The van der Waals surface area contributed by atoms with E-state index in [4.69, 9.17) is 4.74 Å². The van der Waals surface area contributed by atoms with Crippen molar-refractivity contribution in [3.8, 4) is 5.75 Å². The average Bonchev–Trinajstić information content (AvgIpc) is 3.14. The highest BCUT2D eigenvalue weighted by Gasteiger charge is 2.33. The minimum Gasteiger partial charge on any atom is -0.491 e. The SMILES string of the molecule is Cc1ccc(S(=O)(=O)N2CCCC(C(=O)NCCOc3c(C)cccc3C)C2)s1. The van der Waals surface area contributed by atoms with Gasteiger partial charge in [-0.15, -0.1) is 11.3 Å². The van der Waals surface area contributed by atoms with Gasteiger partial charge in [0.05, 0.1) is 12.5 Å². The number of benzene rings is 1. The van der Waals surface area contributed by atoms with Gasteiger partial charge in [0, 0.05) is 18.0 Å². The van der Waals surface area contributed by atoms with Crippen molar-refractivity contribution < 1.29 is 17.9 Å². The molecule has 0 aliphatic carbocycles. The molecule has 1 aromatic carbocycles. The highest BCUT2D eigenvalue weighted by atomic mass is 32.2. The van der Waals surface area contributed by atoms with Gasteiger partial charge in [0.15, 0.2) is 0 Å². The Balaban J connectivity index is 1.52. The third kappa shape index (κ3) is 5.18. The van der Waals surface area contributed by atoms with Gasteiger partial charge < -0.3 is 10.1 Å². The molecule has 1 unspecified atom stereocenters. The minimum absolute atomic E-state index is 0.114. The maximum Gasteiger partial charge on any atom is 0.252 e. The molecule has 1 atom stereocenters. The first-order chi connectivity index (χ1) is 13.8. The molecule has 1 aliphatic rings. The summed E-state index contributed by atoms with van der Waals surface area (Å²) in [5, 5.41) is 2.89. The van der Waals surface area contributed by atoms with Gasteiger partial charge in [-0.1, -0.05) is 18.2 Å². The van der Waals surface area contributed by atoms with Gasteiger partial charge in [-0.05, 0) is 56.9 Å². The van der Waals surface area contributed by atoms with E-state index in [0.29, 0.717) is 36.7 Å². The number of amides is 1. The lowest BCUT2D eigenvalue weighted by Gasteiger charge is -2.30. The summed E-state index contributed by atoms with van der Waals surface area (Å²) in [5.41, 5.74) is 2.13. The summed E-state index contributed by atoms with van der Waals surface area (Å²) in [6, 6.07) is 9.42. The fourth-order valence-corrected chi connectivity index (χ4v) is 6.51. The van der Waals surface area contributed by atoms with Crippen LogP contribution in [0.1, 0.15) is 28.8 Å². The highest BCUT2D eigenvalue weighted by Crippen LogP contribution is 2.28. The molecule has 8 heteroatoms. The van der Waals surface area contributed by atoms with E-state index >= 15 is 0 Å². The number of nitrogens with one attached hydrogen (secondary N) is 1. The number of aryl methyl sites for hydroxylation is 3. The van der Waals surface area contributed by atoms with E-state index in [-0.39, 0.29) is 18.4 Å². The van der Waals surface area contributed by atoms with Crippen LogP contribution in [0, 0.1) is 26.7 Å². The largest absolute Gasteiger partial charge is 0.491 e. The molecule has 1 saturated heterocycles. The predicted octanol–water partition coefficient (Wildman–Crippen LogP) is 3.27. The molecule has 1 aliphatic heterocycles. The number of piperidine rings is 1. The lowest BCUT2D eigenvalue weighted by molar-refractivity contribution is -0.126. The van der Waals surface area contributed by atoms with Crippen molar-refractivity contribution in [3.05, 3.63) is 46.3 Å². The monoisotopic (exact) mass is 436 g/mol. The van der Waals surface area contributed by atoms with Gasteiger partial charge in [0.25, 0.3) is 10.0 Å². The maximum absolute atomic E-state index is 12.8. The maximum atomic E-state index is 12.8. The first kappa shape index (κ1) is 21.8. The Morgan fingerprint density at radius 2 is 1.93 bits per heavy atom. The summed E-state index contributed by atoms with van der Waals surface area (Å²) in [6.07, 6.45) is 1.37. The van der Waals surface area contributed by atoms with Crippen LogP contribution in [-0.2, 0) is 14.8 Å². The first-order valence-electron chi connectivity index (χ1n) is 9.82. The predicted molar refractivity (Wildman–Crippen MR) is 115 cm³/mol. The van der Waals surface area contributed by atoms with Crippen LogP contribution in [0.15, 0.2) is 34.5 Å². The van der Waals surface area contributed by atoms with E-state index in [9.17, 15) is 13.2 Å². The topological polar surface area (TPSA) is 75.7 Å². The molecule has 6 nitrogen and oxygen atoms in total. The smallest absolute Gasteiger partial charge is 0.252 e. The van der Waals surface area contributed by atoms with E-state index < -0.39 is 10.0 Å². The van der Waals surface area contributed by atoms with Crippen LogP contribution in [0.4, 0.5) is 0 Å². The Kier molecular flexibility index (Phi) is 6.97. The van der Waals surface area contributed by atoms with Crippen molar-refractivity contribution in [2.24, 2.45) is 5.92 Å². The first-order valence-corrected chi connectivity index (χ1v) is 12.1. The summed E-state index contributed by atoms with van der Waals surface area (Å²) >= 11 is 1.27. The van der Waals surface area contributed by atoms with Gasteiger partial charge in [-0.3, -0.25) is 4.79 Å². The molecule has 158 valence electrons. The van der Waals surface area contributed by atoms with Crippen LogP contribution in [0.25, 0.3) is 0 Å². The zero-order valence-corrected chi connectivity index (χ0v) is 18.7. The molecular weight excluding hydrogens is 408 g/mol. The van der Waals surface area contributed by atoms with Crippen molar-refractivity contribution in [2.45, 2.75) is 37.8 Å². The van der Waals surface area contributed by atoms with E-state index in [1.54, 1.807) is 6.07 Å². The number of para-hydroxylation sites is 1. The van der Waals surface area contributed by atoms with Gasteiger partial charge in [-0.25, -0.2) is 8.42 Å². The molecule has 3 rings (SSSR count). The highest BCUT2D eigenvalue weighted by molar-refractivity contribution is 7.91. The fraction of sp³-hybridized carbons (Fsp3) is 0.476. The quantitative estimate of drug-likeness (QED) is 0.676. The van der Waals surface area contributed by atoms with Crippen LogP contribution >= 0.6 is 11.3 Å². The number of sulfonamides is 1. The molecular formula is C21H28N2O4S2. The van der Waals surface area contributed by atoms with Crippen molar-refractivity contribution in [2.75, 3.05) is 26.2 Å². The van der Waals surface area contributed by atoms with Gasteiger partial charge in [0.2, 0.25) is 5.91 Å². The Morgan fingerprint density at radius 3 is 2.59 bits per heavy atom. The number of rotatable bonds is 7. The Hall–Kier alpha value is -1.90. The molecule has 1 N–H and O–H groups in total. The molecule has 29 heavy (non-hydrogen) atoms. The summed E-state index contributed by atoms with van der Waals surface area (Å²) in [7, 11) is -3.53. The molecule has 0 bridgehead atoms. The zero-order chi connectivity index (χ0) is 21.0. The van der Waals surface area contributed by atoms with Crippen molar-refractivity contribution in [3.63, 3.8) is 0 Å². The Bertz CT molecular complexity index is 949. The Morgan fingerprint density at radius 1 is 1.21 bits per heavy atom. The van der Waals surface area contributed by atoms with Crippen LogP contribution in [0.2, 0.25) is 0 Å². The van der Waals surface area contributed by atoms with Gasteiger partial charge in [0.1, 0.15) is 16.6 Å². The van der Waals surface area contributed by atoms with Crippen LogP contribution in [0.3, 0.4) is 0 Å². The summed E-state index contributed by atoms with van der Waals surface area (Å²) in [5.74, 6) is 0.403.